The van der Waals surface area contributed by atoms with E-state index >= 15 is 0 Å². The third kappa shape index (κ3) is 3.54. The van der Waals surface area contributed by atoms with Crippen LogP contribution in [0.2, 0.25) is 0 Å². The topological polar surface area (TPSA) is 74.8 Å². The molecule has 0 atom stereocenters. The Morgan fingerprint density at radius 3 is 2.65 bits per heavy atom. The van der Waals surface area contributed by atoms with Crippen LogP contribution >= 0.6 is 11.3 Å². The van der Waals surface area contributed by atoms with Gasteiger partial charge in [-0.25, -0.2) is 4.98 Å². The number of carbonyl (C=O) groups is 1. The van der Waals surface area contributed by atoms with Crippen LogP contribution in [-0.2, 0) is 6.54 Å². The second-order valence-corrected chi connectivity index (χ2v) is 6.08. The van der Waals surface area contributed by atoms with Crippen LogP contribution in [0.15, 0.2) is 52.6 Å². The lowest BCUT2D eigenvalue weighted by atomic mass is 10.1. The van der Waals surface area contributed by atoms with Crippen molar-refractivity contribution >= 4 is 17.2 Å². The van der Waals surface area contributed by atoms with Crippen molar-refractivity contribution in [2.24, 2.45) is 0 Å². The Morgan fingerprint density at radius 1 is 1.22 bits per heavy atom. The molecule has 0 bridgehead atoms. The zero-order valence-electron chi connectivity index (χ0n) is 12.5. The smallest absolute Gasteiger partial charge is 0.261 e. The number of benzene rings is 1. The number of carbonyl (C=O) groups excluding carboxylic acids is 1. The molecule has 0 unspecified atom stereocenters. The van der Waals surface area contributed by atoms with Gasteiger partial charge < -0.3 is 10.3 Å². The SMILES string of the molecule is Cc1nc(CNC(=O)c2ccc(-c3ccccc3)[nH]c2=O)cs1. The average Bonchev–Trinajstić information content (AvgIpc) is 2.99. The minimum atomic E-state index is -0.406. The first-order chi connectivity index (χ1) is 11.1. The van der Waals surface area contributed by atoms with E-state index in [0.29, 0.717) is 12.2 Å². The van der Waals surface area contributed by atoms with Crippen molar-refractivity contribution in [3.05, 3.63) is 74.5 Å². The number of rotatable bonds is 4. The molecule has 0 saturated carbocycles. The molecule has 0 radical (unpaired) electrons. The minimum Gasteiger partial charge on any atom is -0.346 e. The fourth-order valence-corrected chi connectivity index (χ4v) is 2.81. The molecule has 6 heteroatoms. The number of aromatic nitrogens is 2. The van der Waals surface area contributed by atoms with Crippen molar-refractivity contribution in [1.29, 1.82) is 0 Å². The second-order valence-electron chi connectivity index (χ2n) is 5.02. The van der Waals surface area contributed by atoms with Gasteiger partial charge in [0.2, 0.25) is 0 Å². The zero-order chi connectivity index (χ0) is 16.2. The monoisotopic (exact) mass is 325 g/mol. The molecule has 0 spiro atoms. The number of nitrogens with one attached hydrogen (secondary N) is 2. The molecule has 0 saturated heterocycles. The zero-order valence-corrected chi connectivity index (χ0v) is 13.3. The number of hydrogen-bond acceptors (Lipinski definition) is 4. The Hall–Kier alpha value is -2.73. The lowest BCUT2D eigenvalue weighted by Gasteiger charge is -2.05. The number of H-pyrrole nitrogens is 1. The number of pyridine rings is 1. The summed E-state index contributed by atoms with van der Waals surface area (Å²) in [6, 6.07) is 12.8. The van der Waals surface area contributed by atoms with Crippen LogP contribution < -0.4 is 10.9 Å². The van der Waals surface area contributed by atoms with Crippen molar-refractivity contribution in [2.45, 2.75) is 13.5 Å². The molecule has 23 heavy (non-hydrogen) atoms. The molecule has 3 rings (SSSR count). The van der Waals surface area contributed by atoms with Gasteiger partial charge in [0, 0.05) is 11.1 Å². The van der Waals surface area contributed by atoms with Crippen molar-refractivity contribution < 1.29 is 4.79 Å². The van der Waals surface area contributed by atoms with Gasteiger partial charge in [-0.1, -0.05) is 30.3 Å². The minimum absolute atomic E-state index is 0.0941. The summed E-state index contributed by atoms with van der Waals surface area (Å²) in [6.07, 6.45) is 0. The van der Waals surface area contributed by atoms with Gasteiger partial charge in [-0.05, 0) is 24.6 Å². The Morgan fingerprint density at radius 2 is 2.00 bits per heavy atom. The highest BCUT2D eigenvalue weighted by Crippen LogP contribution is 2.14. The van der Waals surface area contributed by atoms with Gasteiger partial charge in [0.25, 0.3) is 11.5 Å². The number of nitrogens with zero attached hydrogens (tertiary/aromatic N) is 1. The third-order valence-electron chi connectivity index (χ3n) is 3.34. The maximum Gasteiger partial charge on any atom is 0.261 e. The van der Waals surface area contributed by atoms with Gasteiger partial charge in [-0.15, -0.1) is 11.3 Å². The van der Waals surface area contributed by atoms with E-state index in [1.54, 1.807) is 12.1 Å². The highest BCUT2D eigenvalue weighted by atomic mass is 32.1. The molecule has 0 aliphatic rings. The fourth-order valence-electron chi connectivity index (χ4n) is 2.19. The van der Waals surface area contributed by atoms with Crippen molar-refractivity contribution in [3.63, 3.8) is 0 Å². The summed E-state index contributed by atoms with van der Waals surface area (Å²) in [7, 11) is 0. The normalized spacial score (nSPS) is 10.5. The summed E-state index contributed by atoms with van der Waals surface area (Å²) >= 11 is 1.52. The molecular weight excluding hydrogens is 310 g/mol. The van der Waals surface area contributed by atoms with E-state index in [1.165, 1.54) is 11.3 Å². The van der Waals surface area contributed by atoms with Crippen LogP contribution in [0.5, 0.6) is 0 Å². The van der Waals surface area contributed by atoms with E-state index in [-0.39, 0.29) is 5.56 Å². The molecule has 0 aliphatic carbocycles. The third-order valence-corrected chi connectivity index (χ3v) is 4.16. The molecule has 0 aliphatic heterocycles. The quantitative estimate of drug-likeness (QED) is 0.774. The first-order valence-electron chi connectivity index (χ1n) is 7.11. The van der Waals surface area contributed by atoms with E-state index < -0.39 is 11.5 Å². The van der Waals surface area contributed by atoms with Crippen LogP contribution in [0.3, 0.4) is 0 Å². The van der Waals surface area contributed by atoms with Gasteiger partial charge in [0.05, 0.1) is 17.2 Å². The molecule has 5 nitrogen and oxygen atoms in total. The first-order valence-corrected chi connectivity index (χ1v) is 7.99. The van der Waals surface area contributed by atoms with Crippen LogP contribution in [0.1, 0.15) is 21.1 Å². The molecular formula is C17H15N3O2S. The van der Waals surface area contributed by atoms with E-state index in [2.05, 4.69) is 15.3 Å². The first kappa shape index (κ1) is 15.2. The summed E-state index contributed by atoms with van der Waals surface area (Å²) in [5.41, 5.74) is 2.06. The molecule has 3 aromatic rings. The number of thiazole rings is 1. The van der Waals surface area contributed by atoms with Gasteiger partial charge in [0.1, 0.15) is 5.56 Å². The molecule has 1 aromatic carbocycles. The Bertz CT molecular complexity index is 884. The van der Waals surface area contributed by atoms with Crippen molar-refractivity contribution in [1.82, 2.24) is 15.3 Å². The summed E-state index contributed by atoms with van der Waals surface area (Å²) in [5.74, 6) is -0.406. The molecule has 116 valence electrons. The largest absolute Gasteiger partial charge is 0.346 e. The average molecular weight is 325 g/mol. The Balaban J connectivity index is 1.75. The molecule has 0 fully saturated rings. The number of aryl methyl sites for hydroxylation is 1. The van der Waals surface area contributed by atoms with Crippen molar-refractivity contribution in [3.8, 4) is 11.3 Å². The van der Waals surface area contributed by atoms with Crippen LogP contribution in [-0.4, -0.2) is 15.9 Å². The molecule has 2 N–H and O–H groups in total. The maximum absolute atomic E-state index is 12.1. The van der Waals surface area contributed by atoms with Crippen molar-refractivity contribution in [2.75, 3.05) is 0 Å². The van der Waals surface area contributed by atoms with Gasteiger partial charge in [0.15, 0.2) is 0 Å². The number of hydrogen-bond donors (Lipinski definition) is 2. The highest BCUT2D eigenvalue weighted by molar-refractivity contribution is 7.09. The highest BCUT2D eigenvalue weighted by Gasteiger charge is 2.11. The van der Waals surface area contributed by atoms with Gasteiger partial charge in [-0.3, -0.25) is 9.59 Å². The lowest BCUT2D eigenvalue weighted by molar-refractivity contribution is 0.0949. The predicted octanol–water partition coefficient (Wildman–Crippen LogP) is 2.74. The van der Waals surface area contributed by atoms with E-state index in [1.807, 2.05) is 42.6 Å². The van der Waals surface area contributed by atoms with Gasteiger partial charge in [-0.2, -0.15) is 0 Å². The standard InChI is InChI=1S/C17H15N3O2S/c1-11-19-13(10-23-11)9-18-16(21)14-7-8-15(20-17(14)22)12-5-3-2-4-6-12/h2-8,10H,9H2,1H3,(H,18,21)(H,20,22). The molecule has 2 aromatic heterocycles. The lowest BCUT2D eigenvalue weighted by Crippen LogP contribution is -2.29. The molecule has 1 amide bonds. The van der Waals surface area contributed by atoms with E-state index in [9.17, 15) is 9.59 Å². The Kier molecular flexibility index (Phi) is 4.34. The van der Waals surface area contributed by atoms with Gasteiger partial charge >= 0.3 is 0 Å². The summed E-state index contributed by atoms with van der Waals surface area (Å²) in [4.78, 5) is 31.3. The molecule has 2 heterocycles. The summed E-state index contributed by atoms with van der Waals surface area (Å²) in [6.45, 7) is 2.21. The predicted molar refractivity (Wildman–Crippen MR) is 90.5 cm³/mol. The Labute approximate surface area is 137 Å². The van der Waals surface area contributed by atoms with E-state index in [0.717, 1.165) is 16.3 Å². The van der Waals surface area contributed by atoms with E-state index in [4.69, 9.17) is 0 Å². The van der Waals surface area contributed by atoms with Crippen LogP contribution in [0.25, 0.3) is 11.3 Å². The number of amides is 1. The summed E-state index contributed by atoms with van der Waals surface area (Å²) in [5, 5.41) is 5.54. The van der Waals surface area contributed by atoms with Crippen LogP contribution in [0.4, 0.5) is 0 Å². The van der Waals surface area contributed by atoms with Crippen LogP contribution in [0, 0.1) is 6.92 Å². The fraction of sp³-hybridized carbons (Fsp3) is 0.118. The second kappa shape index (κ2) is 6.58. The maximum atomic E-state index is 12.1. The number of aromatic amines is 1. The summed E-state index contributed by atoms with van der Waals surface area (Å²) < 4.78 is 0.